The predicted molar refractivity (Wildman–Crippen MR) is 167 cm³/mol. The molecule has 41 heavy (non-hydrogen) atoms. The fourth-order valence-corrected chi connectivity index (χ4v) is 6.20. The van der Waals surface area contributed by atoms with Gasteiger partial charge in [0.2, 0.25) is 0 Å². The number of hydrogen-bond donors (Lipinski definition) is 0. The van der Waals surface area contributed by atoms with Crippen LogP contribution in [0.2, 0.25) is 0 Å². The average molecular weight is 559 g/mol. The normalized spacial score (nSPS) is 23.0. The fraction of sp³-hybridized carbons (Fsp3) is 0.541. The Balaban J connectivity index is 1.78. The first-order valence-electron chi connectivity index (χ1n) is 15.9. The number of esters is 1. The molecule has 1 saturated carbocycles. The van der Waals surface area contributed by atoms with E-state index < -0.39 is 0 Å². The lowest BCUT2D eigenvalue weighted by molar-refractivity contribution is -0.140. The van der Waals surface area contributed by atoms with Gasteiger partial charge in [-0.05, 0) is 80.6 Å². The fourth-order valence-electron chi connectivity index (χ4n) is 6.20. The zero-order valence-electron chi connectivity index (χ0n) is 25.7. The lowest BCUT2D eigenvalue weighted by atomic mass is 9.78. The Morgan fingerprint density at radius 2 is 1.66 bits per heavy atom. The molecular weight excluding hydrogens is 508 g/mol. The zero-order valence-corrected chi connectivity index (χ0v) is 25.7. The summed E-state index contributed by atoms with van der Waals surface area (Å²) in [6, 6.07) is 9.70. The molecule has 3 unspecified atom stereocenters. The second-order valence-electron chi connectivity index (χ2n) is 11.8. The summed E-state index contributed by atoms with van der Waals surface area (Å²) < 4.78 is 5.63. The van der Waals surface area contributed by atoms with Gasteiger partial charge in [-0.3, -0.25) is 9.59 Å². The molecule has 0 bridgehead atoms. The Labute approximate surface area is 248 Å². The van der Waals surface area contributed by atoms with Crippen molar-refractivity contribution in [1.29, 1.82) is 0 Å². The third-order valence-electron chi connectivity index (χ3n) is 8.85. The second kappa shape index (κ2) is 17.1. The summed E-state index contributed by atoms with van der Waals surface area (Å²) in [5, 5.41) is 0. The molecule has 0 aromatic heterocycles. The van der Waals surface area contributed by atoms with Gasteiger partial charge >= 0.3 is 5.97 Å². The van der Waals surface area contributed by atoms with Crippen LogP contribution in [0, 0.1) is 23.7 Å². The number of unbranched alkanes of at least 4 members (excludes halogenated alkanes) is 1. The smallest absolute Gasteiger partial charge is 0.334 e. The van der Waals surface area contributed by atoms with Crippen LogP contribution in [0.25, 0.3) is 0 Å². The zero-order chi connectivity index (χ0) is 29.6. The number of benzene rings is 1. The average Bonchev–Trinajstić information content (AvgIpc) is 3.27. The van der Waals surface area contributed by atoms with Gasteiger partial charge in [0.15, 0.2) is 0 Å². The van der Waals surface area contributed by atoms with Crippen LogP contribution in [0.4, 0.5) is 0 Å². The van der Waals surface area contributed by atoms with E-state index in [0.29, 0.717) is 30.0 Å². The van der Waals surface area contributed by atoms with Crippen molar-refractivity contribution in [2.75, 3.05) is 0 Å². The summed E-state index contributed by atoms with van der Waals surface area (Å²) in [6.45, 7) is 8.47. The Kier molecular flexibility index (Phi) is 13.5. The van der Waals surface area contributed by atoms with Crippen molar-refractivity contribution in [3.05, 3.63) is 83.0 Å². The molecule has 0 N–H and O–H groups in total. The summed E-state index contributed by atoms with van der Waals surface area (Å²) in [6.07, 6.45) is 19.7. The largest absolute Gasteiger partial charge is 0.457 e. The van der Waals surface area contributed by atoms with E-state index in [-0.39, 0.29) is 36.2 Å². The van der Waals surface area contributed by atoms with Gasteiger partial charge in [-0.15, -0.1) is 0 Å². The van der Waals surface area contributed by atoms with E-state index in [1.807, 2.05) is 49.4 Å². The lowest BCUT2D eigenvalue weighted by Crippen LogP contribution is -2.21. The maximum absolute atomic E-state index is 13.7. The highest BCUT2D eigenvalue weighted by Gasteiger charge is 2.30. The minimum absolute atomic E-state index is 0.0176. The molecule has 4 heteroatoms. The van der Waals surface area contributed by atoms with Crippen LogP contribution in [-0.4, -0.2) is 17.5 Å². The molecule has 1 fully saturated rings. The highest BCUT2D eigenvalue weighted by Crippen LogP contribution is 2.36. The topological polar surface area (TPSA) is 60.4 Å². The van der Waals surface area contributed by atoms with Gasteiger partial charge in [-0.25, -0.2) is 4.79 Å². The molecule has 2 aliphatic carbocycles. The molecule has 3 rings (SSSR count). The van der Waals surface area contributed by atoms with Crippen LogP contribution < -0.4 is 0 Å². The number of carbonyl (C=O) groups excluding carboxylic acids is 3. The van der Waals surface area contributed by atoms with Crippen LogP contribution in [0.3, 0.4) is 0 Å². The van der Waals surface area contributed by atoms with Gasteiger partial charge in [0, 0.05) is 36.2 Å². The number of hydrogen-bond acceptors (Lipinski definition) is 4. The van der Waals surface area contributed by atoms with Crippen molar-refractivity contribution >= 4 is 17.5 Å². The van der Waals surface area contributed by atoms with Gasteiger partial charge in [-0.1, -0.05) is 88.2 Å². The van der Waals surface area contributed by atoms with E-state index in [2.05, 4.69) is 39.0 Å². The van der Waals surface area contributed by atoms with Crippen LogP contribution in [-0.2, 0) is 25.7 Å². The SMILES string of the molecule is CCCCC(=O)[C@@H]1CCCC(C(=O)CC(CC)C(/C=C(\C)C(=O)OCc2ccccc2)=C2\C=CC=CC2CC)CC1. The molecule has 0 radical (unpaired) electrons. The number of rotatable bonds is 14. The van der Waals surface area contributed by atoms with E-state index in [9.17, 15) is 14.4 Å². The van der Waals surface area contributed by atoms with Crippen molar-refractivity contribution in [3.8, 4) is 0 Å². The summed E-state index contributed by atoms with van der Waals surface area (Å²) in [7, 11) is 0. The summed E-state index contributed by atoms with van der Waals surface area (Å²) >= 11 is 0. The Hall–Kier alpha value is -3.01. The van der Waals surface area contributed by atoms with Crippen molar-refractivity contribution in [2.45, 2.75) is 105 Å². The lowest BCUT2D eigenvalue weighted by Gasteiger charge is -2.26. The van der Waals surface area contributed by atoms with Crippen molar-refractivity contribution < 1.29 is 19.1 Å². The van der Waals surface area contributed by atoms with Crippen LogP contribution >= 0.6 is 0 Å². The molecular formula is C37H50O4. The van der Waals surface area contributed by atoms with E-state index in [0.717, 1.165) is 68.9 Å². The maximum Gasteiger partial charge on any atom is 0.334 e. The molecule has 4 nitrogen and oxygen atoms in total. The highest BCUT2D eigenvalue weighted by atomic mass is 16.5. The first kappa shape index (κ1) is 32.5. The van der Waals surface area contributed by atoms with E-state index in [4.69, 9.17) is 4.74 Å². The molecule has 2 aliphatic rings. The molecule has 0 spiro atoms. The van der Waals surface area contributed by atoms with E-state index >= 15 is 0 Å². The molecule has 0 aliphatic heterocycles. The van der Waals surface area contributed by atoms with Crippen LogP contribution in [0.15, 0.2) is 77.4 Å². The Bertz CT molecular complexity index is 1140. The van der Waals surface area contributed by atoms with Crippen molar-refractivity contribution in [3.63, 3.8) is 0 Å². The molecule has 4 atom stereocenters. The van der Waals surface area contributed by atoms with E-state index in [1.54, 1.807) is 0 Å². The number of allylic oxidation sites excluding steroid dienone is 7. The highest BCUT2D eigenvalue weighted by molar-refractivity contribution is 5.88. The molecule has 222 valence electrons. The van der Waals surface area contributed by atoms with Crippen LogP contribution in [0.1, 0.15) is 104 Å². The maximum atomic E-state index is 13.7. The van der Waals surface area contributed by atoms with Crippen LogP contribution in [0.5, 0.6) is 0 Å². The standard InChI is InChI=1S/C37H50O4/c1-5-8-21-35(38)31-18-14-19-32(23-22-31)36(39)25-30(7-3)34(33-20-13-12-17-29(33)6-2)24-27(4)37(40)41-26-28-15-10-9-11-16-28/h9-13,15-17,20,24,29-32H,5-8,14,18-19,21-23,25-26H2,1-4H3/b27-24+,34-33+/t29?,30?,31-,32?/m1/s1. The van der Waals surface area contributed by atoms with Gasteiger partial charge < -0.3 is 4.74 Å². The van der Waals surface area contributed by atoms with Gasteiger partial charge in [0.05, 0.1) is 0 Å². The van der Waals surface area contributed by atoms with Gasteiger partial charge in [-0.2, -0.15) is 0 Å². The molecule has 0 amide bonds. The number of Topliss-reactive ketones (excluding diaryl/α,β-unsaturated/α-hetero) is 2. The Morgan fingerprint density at radius 3 is 2.32 bits per heavy atom. The third kappa shape index (κ3) is 9.80. The molecule has 0 saturated heterocycles. The van der Waals surface area contributed by atoms with Crippen molar-refractivity contribution in [1.82, 2.24) is 0 Å². The second-order valence-corrected chi connectivity index (χ2v) is 11.8. The monoisotopic (exact) mass is 558 g/mol. The number of carbonyl (C=O) groups is 3. The minimum Gasteiger partial charge on any atom is -0.457 e. The first-order valence-corrected chi connectivity index (χ1v) is 15.9. The summed E-state index contributed by atoms with van der Waals surface area (Å²) in [5.41, 5.74) is 3.76. The quantitative estimate of drug-likeness (QED) is 0.130. The summed E-state index contributed by atoms with van der Waals surface area (Å²) in [4.78, 5) is 39.4. The van der Waals surface area contributed by atoms with Gasteiger partial charge in [0.25, 0.3) is 0 Å². The third-order valence-corrected chi connectivity index (χ3v) is 8.85. The molecule has 1 aromatic carbocycles. The van der Waals surface area contributed by atoms with Gasteiger partial charge in [0.1, 0.15) is 18.2 Å². The van der Waals surface area contributed by atoms with Crippen molar-refractivity contribution in [2.24, 2.45) is 23.7 Å². The minimum atomic E-state index is -0.334. The summed E-state index contributed by atoms with van der Waals surface area (Å²) in [5.74, 6) is 0.763. The number of ketones is 2. The number of ether oxygens (including phenoxy) is 1. The Morgan fingerprint density at radius 1 is 0.951 bits per heavy atom. The van der Waals surface area contributed by atoms with E-state index in [1.165, 1.54) is 5.57 Å². The predicted octanol–water partition coefficient (Wildman–Crippen LogP) is 9.07. The molecule has 0 heterocycles. The molecule has 1 aromatic rings. The first-order chi connectivity index (χ1) is 19.9.